The van der Waals surface area contributed by atoms with Crippen molar-refractivity contribution in [1.29, 1.82) is 5.26 Å². The molecule has 1 rings (SSSR count). The first kappa shape index (κ1) is 6.75. The number of aromatic nitrogens is 3. The van der Waals surface area contributed by atoms with Crippen LogP contribution < -0.4 is 0 Å². The van der Waals surface area contributed by atoms with Crippen molar-refractivity contribution in [2.24, 2.45) is 0 Å². The molecular formula is C6H8N4. The summed E-state index contributed by atoms with van der Waals surface area (Å²) in [6, 6.07) is 1.98. The van der Waals surface area contributed by atoms with Crippen molar-refractivity contribution >= 4 is 0 Å². The van der Waals surface area contributed by atoms with Crippen LogP contribution in [-0.2, 0) is 6.42 Å². The third kappa shape index (κ3) is 1.13. The summed E-state index contributed by atoms with van der Waals surface area (Å²) in [5.41, 5.74) is 1.26. The molecule has 10 heavy (non-hydrogen) atoms. The number of hydrogen-bond donors (Lipinski definition) is 1. The zero-order valence-electron chi connectivity index (χ0n) is 5.76. The Kier molecular flexibility index (Phi) is 2.00. The predicted molar refractivity (Wildman–Crippen MR) is 35.1 cm³/mol. The zero-order chi connectivity index (χ0) is 7.40. The van der Waals surface area contributed by atoms with E-state index in [-0.39, 0.29) is 0 Å². The molecule has 1 heterocycles. The molecule has 1 aromatic heterocycles. The normalized spacial score (nSPS) is 9.20. The third-order valence-corrected chi connectivity index (χ3v) is 1.22. The van der Waals surface area contributed by atoms with Gasteiger partial charge < -0.3 is 0 Å². The maximum absolute atomic E-state index is 8.47. The van der Waals surface area contributed by atoms with Crippen LogP contribution in [0, 0.1) is 11.3 Å². The van der Waals surface area contributed by atoms with Gasteiger partial charge in [-0.3, -0.25) is 0 Å². The largest absolute Gasteiger partial charge is 0.247 e. The molecule has 0 radical (unpaired) electrons. The molecule has 0 spiro atoms. The maximum atomic E-state index is 8.47. The molecule has 0 aliphatic rings. The maximum Gasteiger partial charge on any atom is 0.158 e. The number of aryl methyl sites for hydroxylation is 1. The molecular weight excluding hydrogens is 128 g/mol. The second-order valence-corrected chi connectivity index (χ2v) is 2.00. The summed E-state index contributed by atoms with van der Waals surface area (Å²) >= 11 is 0. The first-order chi connectivity index (χ1) is 4.88. The molecule has 0 saturated carbocycles. The zero-order valence-corrected chi connectivity index (χ0v) is 5.76. The Bertz CT molecular complexity index is 244. The average molecular weight is 136 g/mol. The molecule has 0 atom stereocenters. The van der Waals surface area contributed by atoms with Crippen LogP contribution in [0.5, 0.6) is 0 Å². The van der Waals surface area contributed by atoms with Crippen molar-refractivity contribution in [3.63, 3.8) is 0 Å². The van der Waals surface area contributed by atoms with E-state index < -0.39 is 0 Å². The summed E-state index contributed by atoms with van der Waals surface area (Å²) in [4.78, 5) is 0. The van der Waals surface area contributed by atoms with Crippen LogP contribution in [0.1, 0.15) is 24.7 Å². The quantitative estimate of drug-likeness (QED) is 0.648. The van der Waals surface area contributed by atoms with Gasteiger partial charge in [-0.25, -0.2) is 5.10 Å². The van der Waals surface area contributed by atoms with Gasteiger partial charge in [-0.1, -0.05) is 18.6 Å². The van der Waals surface area contributed by atoms with Gasteiger partial charge in [-0.05, 0) is 6.42 Å². The molecule has 1 aromatic rings. The predicted octanol–water partition coefficient (Wildman–Crippen LogP) is 0.629. The fraction of sp³-hybridized carbons (Fsp3) is 0.500. The van der Waals surface area contributed by atoms with Gasteiger partial charge in [-0.15, -0.1) is 5.10 Å². The van der Waals surface area contributed by atoms with Crippen molar-refractivity contribution in [1.82, 2.24) is 15.4 Å². The average Bonchev–Trinajstić information content (AvgIpc) is 2.36. The lowest BCUT2D eigenvalue weighted by atomic mass is 10.2. The van der Waals surface area contributed by atoms with E-state index in [1.54, 1.807) is 0 Å². The Balaban J connectivity index is 2.82. The molecule has 0 aliphatic carbocycles. The third-order valence-electron chi connectivity index (χ3n) is 1.22. The van der Waals surface area contributed by atoms with Gasteiger partial charge >= 0.3 is 0 Å². The van der Waals surface area contributed by atoms with Crippen LogP contribution in [0.3, 0.4) is 0 Å². The highest BCUT2D eigenvalue weighted by Crippen LogP contribution is 2.01. The highest BCUT2D eigenvalue weighted by Gasteiger charge is 2.02. The lowest BCUT2D eigenvalue weighted by Gasteiger charge is -1.86. The molecule has 1 N–H and O–H groups in total. The van der Waals surface area contributed by atoms with E-state index in [0.29, 0.717) is 5.69 Å². The van der Waals surface area contributed by atoms with Crippen LogP contribution in [-0.4, -0.2) is 15.4 Å². The molecule has 0 aliphatic heterocycles. The van der Waals surface area contributed by atoms with Crippen LogP contribution >= 0.6 is 0 Å². The molecule has 4 nitrogen and oxygen atoms in total. The van der Waals surface area contributed by atoms with E-state index >= 15 is 0 Å². The fourth-order valence-corrected chi connectivity index (χ4v) is 0.751. The SMILES string of the molecule is CCCc1nn[nH]c1C#N. The molecule has 0 bridgehead atoms. The van der Waals surface area contributed by atoms with Gasteiger partial charge in [0.1, 0.15) is 11.8 Å². The van der Waals surface area contributed by atoms with Gasteiger partial charge in [0.2, 0.25) is 0 Å². The fourth-order valence-electron chi connectivity index (χ4n) is 0.751. The highest BCUT2D eigenvalue weighted by molar-refractivity contribution is 5.23. The lowest BCUT2D eigenvalue weighted by molar-refractivity contribution is 0.853. The van der Waals surface area contributed by atoms with Crippen molar-refractivity contribution in [3.8, 4) is 6.07 Å². The van der Waals surface area contributed by atoms with E-state index in [2.05, 4.69) is 15.4 Å². The summed E-state index contributed by atoms with van der Waals surface area (Å²) in [5, 5.41) is 18.3. The summed E-state index contributed by atoms with van der Waals surface area (Å²) in [5.74, 6) is 0. The minimum atomic E-state index is 0.488. The molecule has 0 aromatic carbocycles. The van der Waals surface area contributed by atoms with E-state index in [9.17, 15) is 0 Å². The van der Waals surface area contributed by atoms with Gasteiger partial charge in [-0.2, -0.15) is 5.26 Å². The van der Waals surface area contributed by atoms with Gasteiger partial charge in [0, 0.05) is 0 Å². The number of nitriles is 1. The van der Waals surface area contributed by atoms with Crippen LogP contribution in [0.2, 0.25) is 0 Å². The Hall–Kier alpha value is -1.37. The molecule has 4 heteroatoms. The number of nitrogens with zero attached hydrogens (tertiary/aromatic N) is 3. The second kappa shape index (κ2) is 2.97. The van der Waals surface area contributed by atoms with Crippen LogP contribution in [0.15, 0.2) is 0 Å². The summed E-state index contributed by atoms with van der Waals surface area (Å²) in [6.07, 6.45) is 1.81. The first-order valence-electron chi connectivity index (χ1n) is 3.18. The number of nitrogens with one attached hydrogen (secondary N) is 1. The molecule has 0 amide bonds. The van der Waals surface area contributed by atoms with E-state index in [1.807, 2.05) is 13.0 Å². The number of hydrogen-bond acceptors (Lipinski definition) is 3. The molecule has 0 saturated heterocycles. The Morgan fingerprint density at radius 3 is 3.10 bits per heavy atom. The second-order valence-electron chi connectivity index (χ2n) is 2.00. The Labute approximate surface area is 58.9 Å². The lowest BCUT2D eigenvalue weighted by Crippen LogP contribution is -1.86. The van der Waals surface area contributed by atoms with Crippen molar-refractivity contribution < 1.29 is 0 Å². The summed E-state index contributed by atoms with van der Waals surface area (Å²) < 4.78 is 0. The van der Waals surface area contributed by atoms with Crippen molar-refractivity contribution in [2.45, 2.75) is 19.8 Å². The molecule has 52 valence electrons. The van der Waals surface area contributed by atoms with Crippen molar-refractivity contribution in [2.75, 3.05) is 0 Å². The minimum absolute atomic E-state index is 0.488. The Morgan fingerprint density at radius 2 is 2.50 bits per heavy atom. The number of rotatable bonds is 2. The van der Waals surface area contributed by atoms with Gasteiger partial charge in [0.05, 0.1) is 0 Å². The minimum Gasteiger partial charge on any atom is -0.247 e. The van der Waals surface area contributed by atoms with Crippen molar-refractivity contribution in [3.05, 3.63) is 11.4 Å². The number of aromatic amines is 1. The standard InChI is InChI=1S/C6H8N4/c1-2-3-5-6(4-7)9-10-8-5/h2-3H2,1H3,(H,8,9,10). The first-order valence-corrected chi connectivity index (χ1v) is 3.18. The van der Waals surface area contributed by atoms with Crippen LogP contribution in [0.4, 0.5) is 0 Å². The smallest absolute Gasteiger partial charge is 0.158 e. The van der Waals surface area contributed by atoms with E-state index in [0.717, 1.165) is 18.5 Å². The molecule has 0 unspecified atom stereocenters. The Morgan fingerprint density at radius 1 is 1.70 bits per heavy atom. The van der Waals surface area contributed by atoms with Crippen LogP contribution in [0.25, 0.3) is 0 Å². The number of H-pyrrole nitrogens is 1. The van der Waals surface area contributed by atoms with E-state index in [1.165, 1.54) is 0 Å². The highest BCUT2D eigenvalue weighted by atomic mass is 15.3. The summed E-state index contributed by atoms with van der Waals surface area (Å²) in [6.45, 7) is 2.04. The summed E-state index contributed by atoms with van der Waals surface area (Å²) in [7, 11) is 0. The monoisotopic (exact) mass is 136 g/mol. The van der Waals surface area contributed by atoms with E-state index in [4.69, 9.17) is 5.26 Å². The van der Waals surface area contributed by atoms with Gasteiger partial charge in [0.25, 0.3) is 0 Å². The molecule has 0 fully saturated rings. The van der Waals surface area contributed by atoms with Gasteiger partial charge in [0.15, 0.2) is 5.69 Å². The topological polar surface area (TPSA) is 65.4 Å².